The molecule has 0 saturated heterocycles. The van der Waals surface area contributed by atoms with E-state index in [2.05, 4.69) is 116 Å². The second kappa shape index (κ2) is 13.9. The van der Waals surface area contributed by atoms with Crippen molar-refractivity contribution in [2.45, 2.75) is 77.4 Å². The highest BCUT2D eigenvalue weighted by Crippen LogP contribution is 2.56. The minimum Gasteiger partial charge on any atom is -0.398 e. The van der Waals surface area contributed by atoms with Crippen LogP contribution in [-0.2, 0) is 0 Å². The predicted molar refractivity (Wildman–Crippen MR) is 210 cm³/mol. The van der Waals surface area contributed by atoms with E-state index < -0.39 is 24.0 Å². The molecule has 6 aromatic carbocycles. The number of anilines is 3. The van der Waals surface area contributed by atoms with Gasteiger partial charge in [-0.05, 0) is 59.0 Å². The van der Waals surface area contributed by atoms with Gasteiger partial charge in [0, 0.05) is 70.6 Å². The Morgan fingerprint density at radius 3 is 1.24 bits per heavy atom. The second-order valence-corrected chi connectivity index (χ2v) is 13.9. The lowest BCUT2D eigenvalue weighted by molar-refractivity contribution is -0.0765. The molecule has 0 spiro atoms. The van der Waals surface area contributed by atoms with Crippen molar-refractivity contribution in [2.24, 2.45) is 0 Å². The van der Waals surface area contributed by atoms with Gasteiger partial charge in [0.25, 0.3) is 0 Å². The van der Waals surface area contributed by atoms with Crippen LogP contribution in [-0.4, -0.2) is 48.6 Å². The van der Waals surface area contributed by atoms with Crippen LogP contribution in [0.3, 0.4) is 0 Å². The maximum Gasteiger partial charge on any atom is 0.0728 e. The van der Waals surface area contributed by atoms with Crippen molar-refractivity contribution in [1.29, 1.82) is 0 Å². The van der Waals surface area contributed by atoms with Crippen molar-refractivity contribution in [3.63, 3.8) is 0 Å². The summed E-state index contributed by atoms with van der Waals surface area (Å²) >= 11 is 0. The Balaban J connectivity index is 1.44. The normalized spacial score (nSPS) is 19.1. The molecule has 6 aromatic rings. The van der Waals surface area contributed by atoms with E-state index in [1.54, 1.807) is 0 Å². The van der Waals surface area contributed by atoms with Crippen LogP contribution in [0.2, 0.25) is 0 Å². The first-order valence-corrected chi connectivity index (χ1v) is 18.5. The van der Waals surface area contributed by atoms with E-state index in [1.165, 1.54) is 22.1 Å². The summed E-state index contributed by atoms with van der Waals surface area (Å²) in [5.74, 6) is -0.939. The van der Waals surface area contributed by atoms with Gasteiger partial charge < -0.3 is 25.7 Å². The summed E-state index contributed by atoms with van der Waals surface area (Å²) in [6.45, 7) is 12.8. The zero-order chi connectivity index (χ0) is 34.2. The molecule has 5 nitrogen and oxygen atoms in total. The summed E-state index contributed by atoms with van der Waals surface area (Å²) < 4.78 is 0. The molecule has 254 valence electrons. The van der Waals surface area contributed by atoms with Crippen molar-refractivity contribution >= 4 is 60.2 Å². The highest BCUT2D eigenvalue weighted by molar-refractivity contribution is 6.18. The Morgan fingerprint density at radius 2 is 0.816 bits per heavy atom. The first kappa shape index (κ1) is 33.2. The van der Waals surface area contributed by atoms with Gasteiger partial charge in [0.1, 0.15) is 0 Å². The summed E-state index contributed by atoms with van der Waals surface area (Å²) in [5, 5.41) is 33.7. The van der Waals surface area contributed by atoms with Gasteiger partial charge in [0.15, 0.2) is 0 Å². The fourth-order valence-electron chi connectivity index (χ4n) is 8.94. The summed E-state index contributed by atoms with van der Waals surface area (Å²) in [6, 6.07) is 31.9. The number of hydrogen-bond acceptors (Lipinski definition) is 5. The van der Waals surface area contributed by atoms with Crippen LogP contribution < -0.4 is 15.5 Å². The number of aliphatic hydroxyl groups excluding tert-OH is 2. The van der Waals surface area contributed by atoms with Gasteiger partial charge in [-0.15, -0.1) is 0 Å². The Labute approximate surface area is 290 Å². The molecule has 0 amide bonds. The lowest BCUT2D eigenvalue weighted by Crippen LogP contribution is -2.52. The molecule has 0 heterocycles. The fourth-order valence-corrected chi connectivity index (χ4v) is 8.94. The summed E-state index contributed by atoms with van der Waals surface area (Å²) in [7, 11) is 0. The molecule has 49 heavy (non-hydrogen) atoms. The molecule has 0 aromatic heterocycles. The minimum absolute atomic E-state index is 0.449. The van der Waals surface area contributed by atoms with Crippen molar-refractivity contribution in [2.75, 3.05) is 41.7 Å². The van der Waals surface area contributed by atoms with E-state index >= 15 is 0 Å². The fraction of sp³-hybridized carbons (Fsp3) is 0.364. The molecule has 0 bridgehead atoms. The maximum atomic E-state index is 12.4. The molecular formula is C44H51N3O2. The van der Waals surface area contributed by atoms with Gasteiger partial charge in [-0.1, -0.05) is 113 Å². The van der Waals surface area contributed by atoms with E-state index in [0.29, 0.717) is 5.69 Å². The van der Waals surface area contributed by atoms with Gasteiger partial charge in [-0.2, -0.15) is 0 Å². The number of rotatable bonds is 12. The van der Waals surface area contributed by atoms with Crippen LogP contribution in [0.25, 0.3) is 43.1 Å². The Bertz CT molecular complexity index is 2040. The van der Waals surface area contributed by atoms with Gasteiger partial charge in [-0.25, -0.2) is 0 Å². The third kappa shape index (κ3) is 5.39. The van der Waals surface area contributed by atoms with Crippen LogP contribution in [0.5, 0.6) is 0 Å². The zero-order valence-electron chi connectivity index (χ0n) is 29.5. The first-order chi connectivity index (χ1) is 24.0. The summed E-state index contributed by atoms with van der Waals surface area (Å²) in [5.41, 5.74) is 12.0. The monoisotopic (exact) mass is 653 g/mol. The van der Waals surface area contributed by atoms with Crippen molar-refractivity contribution < 1.29 is 10.2 Å². The SMILES string of the molecule is CCCN(CCC)c1c2ccccc2c(C2C(O)C(c3c4ccccc4c(N(CCC)CCC)c4cccc(N)c34)C2O)c2ccccc12. The topological polar surface area (TPSA) is 73.0 Å². The van der Waals surface area contributed by atoms with Gasteiger partial charge in [0.05, 0.1) is 23.6 Å². The molecule has 0 radical (unpaired) electrons. The van der Waals surface area contributed by atoms with Gasteiger partial charge >= 0.3 is 0 Å². The molecule has 2 unspecified atom stereocenters. The van der Waals surface area contributed by atoms with Crippen LogP contribution >= 0.6 is 0 Å². The summed E-state index contributed by atoms with van der Waals surface area (Å²) in [6.07, 6.45) is 2.60. The number of hydrogen-bond donors (Lipinski definition) is 3. The predicted octanol–water partition coefficient (Wildman–Crippen LogP) is 9.74. The highest BCUT2D eigenvalue weighted by atomic mass is 16.3. The average Bonchev–Trinajstić information content (AvgIpc) is 3.11. The van der Waals surface area contributed by atoms with Gasteiger partial charge in [-0.3, -0.25) is 0 Å². The molecule has 4 N–H and O–H groups in total. The van der Waals surface area contributed by atoms with Crippen LogP contribution in [0.15, 0.2) is 91.0 Å². The maximum absolute atomic E-state index is 12.4. The number of nitrogens with zero attached hydrogens (tertiary/aromatic N) is 2. The molecule has 2 atom stereocenters. The highest BCUT2D eigenvalue weighted by Gasteiger charge is 2.52. The Morgan fingerprint density at radius 1 is 0.469 bits per heavy atom. The zero-order valence-corrected chi connectivity index (χ0v) is 29.5. The van der Waals surface area contributed by atoms with Crippen LogP contribution in [0.4, 0.5) is 17.1 Å². The molecule has 0 aliphatic heterocycles. The lowest BCUT2D eigenvalue weighted by Gasteiger charge is -2.49. The lowest BCUT2D eigenvalue weighted by atomic mass is 9.60. The second-order valence-electron chi connectivity index (χ2n) is 13.9. The Hall–Kier alpha value is -4.32. The van der Waals surface area contributed by atoms with E-state index in [1.807, 2.05) is 12.1 Å². The standard InChI is InChI=1S/C44H51N3O2/c1-5-24-46(25-6-2)41-31-19-12-9-16-28(31)36(29-17-10-13-20-32(29)41)39-43(48)40(44(39)49)38-30-18-11-14-21-33(30)42(47(26-7-3)27-8-4)34-22-15-23-35(45)37(34)38/h9-23,39-40,43-44,48-49H,5-8,24-27,45H2,1-4H3. The van der Waals surface area contributed by atoms with Crippen molar-refractivity contribution in [1.82, 2.24) is 0 Å². The first-order valence-electron chi connectivity index (χ1n) is 18.5. The van der Waals surface area contributed by atoms with Crippen LogP contribution in [0, 0.1) is 0 Å². The number of aliphatic hydroxyl groups is 2. The largest absolute Gasteiger partial charge is 0.398 e. The number of fused-ring (bicyclic) bond motifs is 4. The third-order valence-corrected chi connectivity index (χ3v) is 10.8. The quantitative estimate of drug-likeness (QED) is 0.0906. The molecular weight excluding hydrogens is 603 g/mol. The molecule has 1 aliphatic carbocycles. The summed E-state index contributed by atoms with van der Waals surface area (Å²) in [4.78, 5) is 5.01. The van der Waals surface area contributed by atoms with Gasteiger partial charge in [0.2, 0.25) is 0 Å². The van der Waals surface area contributed by atoms with Crippen LogP contribution in [0.1, 0.15) is 76.3 Å². The number of benzene rings is 6. The molecule has 1 fully saturated rings. The average molecular weight is 654 g/mol. The number of nitrogens with two attached hydrogens (primary N) is 1. The molecule has 5 heteroatoms. The van der Waals surface area contributed by atoms with E-state index in [-0.39, 0.29) is 0 Å². The van der Waals surface area contributed by atoms with Crippen molar-refractivity contribution in [3.05, 3.63) is 102 Å². The van der Waals surface area contributed by atoms with E-state index in [9.17, 15) is 10.2 Å². The molecule has 1 aliphatic rings. The smallest absolute Gasteiger partial charge is 0.0728 e. The third-order valence-electron chi connectivity index (χ3n) is 10.8. The minimum atomic E-state index is -0.797. The van der Waals surface area contributed by atoms with E-state index in [4.69, 9.17) is 5.73 Å². The molecule has 1 saturated carbocycles. The van der Waals surface area contributed by atoms with Crippen molar-refractivity contribution in [3.8, 4) is 0 Å². The Kier molecular flexibility index (Phi) is 9.41. The van der Waals surface area contributed by atoms with E-state index in [0.717, 1.165) is 95.3 Å². The number of nitrogen functional groups attached to an aromatic ring is 1. The molecule has 7 rings (SSSR count).